The van der Waals surface area contributed by atoms with Crippen LogP contribution in [0.3, 0.4) is 0 Å². The highest BCUT2D eigenvalue weighted by molar-refractivity contribution is 7.98. The molecule has 0 unspecified atom stereocenters. The number of hydrogen-bond acceptors (Lipinski definition) is 6. The third-order valence-electron chi connectivity index (χ3n) is 7.43. The van der Waals surface area contributed by atoms with E-state index in [2.05, 4.69) is 15.1 Å². The summed E-state index contributed by atoms with van der Waals surface area (Å²) in [7, 11) is 0. The molecule has 0 saturated carbocycles. The van der Waals surface area contributed by atoms with Gasteiger partial charge in [-0.05, 0) is 71.0 Å². The summed E-state index contributed by atoms with van der Waals surface area (Å²) < 4.78 is 53.8. The second-order valence-electron chi connectivity index (χ2n) is 10.8. The fraction of sp³-hybridized carbons (Fsp3) is 0.229. The van der Waals surface area contributed by atoms with Crippen LogP contribution in [0.25, 0.3) is 11.1 Å². The number of aromatic nitrogens is 4. The van der Waals surface area contributed by atoms with Crippen molar-refractivity contribution in [2.24, 2.45) is 0 Å². The van der Waals surface area contributed by atoms with Gasteiger partial charge in [-0.2, -0.15) is 23.3 Å². The van der Waals surface area contributed by atoms with Crippen molar-refractivity contribution in [3.05, 3.63) is 141 Å². The molecular formula is C35H31F4N5O2S. The number of rotatable bonds is 12. The number of amides is 1. The maximum Gasteiger partial charge on any atom is 0.416 e. The van der Waals surface area contributed by atoms with E-state index in [1.54, 1.807) is 36.4 Å². The molecule has 0 atom stereocenters. The Hall–Kier alpha value is -4.84. The summed E-state index contributed by atoms with van der Waals surface area (Å²) in [6.07, 6.45) is -0.0951. The first-order chi connectivity index (χ1) is 22.6. The zero-order valence-corrected chi connectivity index (χ0v) is 26.3. The predicted octanol–water partition coefficient (Wildman–Crippen LogP) is 6.98. The first kappa shape index (κ1) is 33.5. The van der Waals surface area contributed by atoms with E-state index >= 15 is 0 Å². The van der Waals surface area contributed by atoms with Gasteiger partial charge in [0.05, 0.1) is 5.56 Å². The Morgan fingerprint density at radius 1 is 0.894 bits per heavy atom. The van der Waals surface area contributed by atoms with Crippen molar-refractivity contribution in [3.8, 4) is 11.1 Å². The molecule has 7 nitrogen and oxygen atoms in total. The van der Waals surface area contributed by atoms with Gasteiger partial charge in [0.2, 0.25) is 5.91 Å². The summed E-state index contributed by atoms with van der Waals surface area (Å²) in [5.41, 5.74) is 3.06. The summed E-state index contributed by atoms with van der Waals surface area (Å²) in [4.78, 5) is 36.6. The van der Waals surface area contributed by atoms with Gasteiger partial charge in [0, 0.05) is 31.2 Å². The van der Waals surface area contributed by atoms with E-state index in [1.165, 1.54) is 40.7 Å². The van der Waals surface area contributed by atoms with Crippen molar-refractivity contribution in [2.75, 3.05) is 6.54 Å². The Labute approximate surface area is 273 Å². The van der Waals surface area contributed by atoms with E-state index in [0.717, 1.165) is 34.4 Å². The number of thioether (sulfide) groups is 1. The van der Waals surface area contributed by atoms with E-state index in [9.17, 15) is 27.2 Å². The zero-order valence-electron chi connectivity index (χ0n) is 25.5. The number of alkyl halides is 3. The summed E-state index contributed by atoms with van der Waals surface area (Å²) >= 11 is 1.23. The molecule has 2 aromatic heterocycles. The third kappa shape index (κ3) is 9.13. The monoisotopic (exact) mass is 661 g/mol. The van der Waals surface area contributed by atoms with E-state index in [4.69, 9.17) is 0 Å². The maximum absolute atomic E-state index is 13.9. The van der Waals surface area contributed by atoms with Crippen molar-refractivity contribution >= 4 is 17.7 Å². The Morgan fingerprint density at radius 3 is 2.17 bits per heavy atom. The Morgan fingerprint density at radius 2 is 1.55 bits per heavy atom. The number of benzene rings is 3. The van der Waals surface area contributed by atoms with Gasteiger partial charge >= 0.3 is 6.18 Å². The normalized spacial score (nSPS) is 11.4. The average molecular weight is 662 g/mol. The second kappa shape index (κ2) is 15.2. The smallest absolute Gasteiger partial charge is 0.336 e. The highest BCUT2D eigenvalue weighted by atomic mass is 32.2. The number of halogens is 4. The summed E-state index contributed by atoms with van der Waals surface area (Å²) in [6, 6.07) is 22.0. The van der Waals surface area contributed by atoms with Gasteiger partial charge in [-0.1, -0.05) is 73.3 Å². The molecule has 12 heteroatoms. The van der Waals surface area contributed by atoms with Crippen LogP contribution in [0.15, 0.2) is 107 Å². The molecule has 0 bridgehead atoms. The lowest BCUT2D eigenvalue weighted by molar-refractivity contribution is -0.137. The predicted molar refractivity (Wildman–Crippen MR) is 172 cm³/mol. The van der Waals surface area contributed by atoms with Crippen LogP contribution in [0.2, 0.25) is 0 Å². The molecule has 47 heavy (non-hydrogen) atoms. The van der Waals surface area contributed by atoms with E-state index in [-0.39, 0.29) is 35.7 Å². The standard InChI is InChI=1S/C35H31F4N5O2S/c1-2-31-33(46)41-34(47-23-26-7-15-30(36)16-8-26)44(42-31)22-32(45)43(19-17-24-4-3-18-40-20-24)21-25-5-9-27(10-6-25)28-11-13-29(14-12-28)35(37,38)39/h3-16,18,20H,2,17,19,21-23H2,1H3. The van der Waals surface area contributed by atoms with Crippen LogP contribution in [-0.2, 0) is 42.7 Å². The highest BCUT2D eigenvalue weighted by Crippen LogP contribution is 2.31. The lowest BCUT2D eigenvalue weighted by Gasteiger charge is -2.24. The number of aryl methyl sites for hydroxylation is 1. The summed E-state index contributed by atoms with van der Waals surface area (Å²) in [5.74, 6) is -0.206. The lowest BCUT2D eigenvalue weighted by Crippen LogP contribution is -2.37. The van der Waals surface area contributed by atoms with E-state index in [1.807, 2.05) is 36.4 Å². The van der Waals surface area contributed by atoms with Gasteiger partial charge in [0.1, 0.15) is 18.1 Å². The Balaban J connectivity index is 1.36. The molecule has 0 spiro atoms. The first-order valence-electron chi connectivity index (χ1n) is 14.9. The van der Waals surface area contributed by atoms with Gasteiger partial charge in [0.25, 0.3) is 5.56 Å². The minimum absolute atomic E-state index is 0.164. The fourth-order valence-electron chi connectivity index (χ4n) is 4.81. The third-order valence-corrected chi connectivity index (χ3v) is 8.46. The molecule has 242 valence electrons. The average Bonchev–Trinajstić information content (AvgIpc) is 3.07. The number of pyridine rings is 1. The molecule has 2 heterocycles. The largest absolute Gasteiger partial charge is 0.416 e. The van der Waals surface area contributed by atoms with E-state index in [0.29, 0.717) is 30.7 Å². The molecule has 3 aromatic carbocycles. The highest BCUT2D eigenvalue weighted by Gasteiger charge is 2.30. The van der Waals surface area contributed by atoms with Crippen molar-refractivity contribution < 1.29 is 22.4 Å². The molecule has 0 aliphatic carbocycles. The SMILES string of the molecule is CCc1nn(CC(=O)N(CCc2cccnc2)Cc2ccc(-c3ccc(C(F)(F)F)cc3)cc2)c(SCc2ccc(F)cc2)nc1=O. The lowest BCUT2D eigenvalue weighted by atomic mass is 10.0. The minimum Gasteiger partial charge on any atom is -0.336 e. The van der Waals surface area contributed by atoms with Crippen LogP contribution in [0.4, 0.5) is 17.6 Å². The van der Waals surface area contributed by atoms with Crippen LogP contribution in [0.1, 0.15) is 34.9 Å². The van der Waals surface area contributed by atoms with Gasteiger partial charge in [-0.3, -0.25) is 14.6 Å². The Kier molecular flexibility index (Phi) is 10.8. The molecule has 1 amide bonds. The fourth-order valence-corrected chi connectivity index (χ4v) is 5.70. The van der Waals surface area contributed by atoms with Crippen molar-refractivity contribution in [1.82, 2.24) is 24.6 Å². The van der Waals surface area contributed by atoms with E-state index < -0.39 is 17.3 Å². The number of hydrogen-bond donors (Lipinski definition) is 0. The van der Waals surface area contributed by atoms with Crippen LogP contribution in [0.5, 0.6) is 0 Å². The van der Waals surface area contributed by atoms with Crippen LogP contribution >= 0.6 is 11.8 Å². The van der Waals surface area contributed by atoms with Crippen molar-refractivity contribution in [1.29, 1.82) is 0 Å². The van der Waals surface area contributed by atoms with Crippen LogP contribution < -0.4 is 5.56 Å². The molecule has 0 aliphatic rings. The molecule has 0 fully saturated rings. The number of carbonyl (C=O) groups excluding carboxylic acids is 1. The Bertz CT molecular complexity index is 1850. The zero-order chi connectivity index (χ0) is 33.4. The molecular weight excluding hydrogens is 630 g/mol. The topological polar surface area (TPSA) is 81.0 Å². The molecule has 0 N–H and O–H groups in total. The van der Waals surface area contributed by atoms with Gasteiger partial charge in [0.15, 0.2) is 5.16 Å². The summed E-state index contributed by atoms with van der Waals surface area (Å²) in [5, 5.41) is 4.74. The first-order valence-corrected chi connectivity index (χ1v) is 15.9. The number of carbonyl (C=O) groups is 1. The molecule has 0 radical (unpaired) electrons. The van der Waals surface area contributed by atoms with Gasteiger partial charge < -0.3 is 4.90 Å². The van der Waals surface area contributed by atoms with Gasteiger partial charge in [-0.15, -0.1) is 0 Å². The minimum atomic E-state index is -4.41. The number of nitrogens with zero attached hydrogens (tertiary/aromatic N) is 5. The van der Waals surface area contributed by atoms with Crippen LogP contribution in [-0.4, -0.2) is 37.1 Å². The molecule has 5 aromatic rings. The molecule has 0 aliphatic heterocycles. The molecule has 0 saturated heterocycles. The molecule has 5 rings (SSSR count). The second-order valence-corrected chi connectivity index (χ2v) is 11.7. The van der Waals surface area contributed by atoms with Crippen LogP contribution in [0, 0.1) is 5.82 Å². The van der Waals surface area contributed by atoms with Crippen molar-refractivity contribution in [3.63, 3.8) is 0 Å². The summed E-state index contributed by atoms with van der Waals surface area (Å²) in [6.45, 7) is 2.26. The van der Waals surface area contributed by atoms with Crippen molar-refractivity contribution in [2.45, 2.75) is 49.9 Å². The maximum atomic E-state index is 13.9. The quantitative estimate of drug-likeness (QED) is 0.106. The van der Waals surface area contributed by atoms with Gasteiger partial charge in [-0.25, -0.2) is 9.07 Å².